The number of nitrogens with one attached hydrogen (secondary N) is 1. The Balaban J connectivity index is 1.80. The maximum Gasteiger partial charge on any atom is 0.247 e. The van der Waals surface area contributed by atoms with Gasteiger partial charge in [-0.25, -0.2) is 13.6 Å². The van der Waals surface area contributed by atoms with Crippen molar-refractivity contribution < 1.29 is 13.2 Å². The molecule has 7 heteroatoms. The Morgan fingerprint density at radius 2 is 2.17 bits per heavy atom. The number of thiophene rings is 1. The summed E-state index contributed by atoms with van der Waals surface area (Å²) in [6.07, 6.45) is 3.75. The quantitative estimate of drug-likeness (QED) is 0.842. The van der Waals surface area contributed by atoms with Gasteiger partial charge in [-0.15, -0.1) is 11.3 Å². The fourth-order valence-electron chi connectivity index (χ4n) is 1.77. The lowest BCUT2D eigenvalue weighted by Gasteiger charge is -2.23. The van der Waals surface area contributed by atoms with Crippen molar-refractivity contribution >= 4 is 27.3 Å². The zero-order valence-corrected chi connectivity index (χ0v) is 11.5. The molecule has 0 unspecified atom stereocenters. The van der Waals surface area contributed by atoms with Gasteiger partial charge in [-0.05, 0) is 31.4 Å². The summed E-state index contributed by atoms with van der Waals surface area (Å²) in [7, 11) is -3.60. The van der Waals surface area contributed by atoms with E-state index < -0.39 is 10.0 Å². The zero-order chi connectivity index (χ0) is 13.2. The van der Waals surface area contributed by atoms with Crippen LogP contribution in [0.15, 0.2) is 16.3 Å². The molecule has 1 fully saturated rings. The second kappa shape index (κ2) is 5.38. The fourth-order valence-corrected chi connectivity index (χ4v) is 3.55. The summed E-state index contributed by atoms with van der Waals surface area (Å²) in [6, 6.07) is 3.24. The average Bonchev–Trinajstić information content (AvgIpc) is 2.62. The predicted octanol–water partition coefficient (Wildman–Crippen LogP) is 0.854. The molecule has 0 radical (unpaired) electrons. The van der Waals surface area contributed by atoms with E-state index in [1.807, 2.05) is 0 Å². The summed E-state index contributed by atoms with van der Waals surface area (Å²) in [6.45, 7) is 0.542. The van der Waals surface area contributed by atoms with E-state index in [0.29, 0.717) is 13.0 Å². The second-order valence-corrected chi connectivity index (χ2v) is 7.39. The van der Waals surface area contributed by atoms with Crippen molar-refractivity contribution in [2.75, 3.05) is 6.54 Å². The minimum Gasteiger partial charge on any atom is -0.356 e. The van der Waals surface area contributed by atoms with Crippen LogP contribution in [0.3, 0.4) is 0 Å². The van der Waals surface area contributed by atoms with E-state index >= 15 is 0 Å². The molecule has 0 atom stereocenters. The molecular formula is C11H16N2O3S2. The summed E-state index contributed by atoms with van der Waals surface area (Å²) in [5, 5.41) is 7.89. The van der Waals surface area contributed by atoms with Gasteiger partial charge in [0, 0.05) is 17.3 Å². The number of nitrogens with two attached hydrogens (primary N) is 1. The van der Waals surface area contributed by atoms with Crippen LogP contribution in [-0.2, 0) is 21.2 Å². The Morgan fingerprint density at radius 1 is 1.44 bits per heavy atom. The minimum absolute atomic E-state index is 0.115. The molecule has 1 aliphatic carbocycles. The minimum atomic E-state index is -3.60. The van der Waals surface area contributed by atoms with Crippen LogP contribution in [0, 0.1) is 5.92 Å². The van der Waals surface area contributed by atoms with Crippen molar-refractivity contribution in [2.45, 2.75) is 29.9 Å². The first-order chi connectivity index (χ1) is 8.47. The Kier molecular flexibility index (Phi) is 4.04. The first-order valence-electron chi connectivity index (χ1n) is 5.86. The van der Waals surface area contributed by atoms with E-state index in [1.165, 1.54) is 6.07 Å². The summed E-state index contributed by atoms with van der Waals surface area (Å²) in [5.41, 5.74) is 0. The molecule has 1 aromatic heterocycles. The number of primary sulfonamides is 1. The highest BCUT2D eigenvalue weighted by molar-refractivity contribution is 7.91. The van der Waals surface area contributed by atoms with Crippen molar-refractivity contribution in [2.24, 2.45) is 11.1 Å². The van der Waals surface area contributed by atoms with Gasteiger partial charge in [-0.2, -0.15) is 0 Å². The number of rotatable bonds is 5. The van der Waals surface area contributed by atoms with Crippen molar-refractivity contribution in [3.63, 3.8) is 0 Å². The maximum absolute atomic E-state index is 11.6. The Labute approximate surface area is 110 Å². The Hall–Kier alpha value is -0.920. The topological polar surface area (TPSA) is 89.3 Å². The molecule has 2 rings (SSSR count). The number of hydrogen-bond donors (Lipinski definition) is 2. The van der Waals surface area contributed by atoms with Gasteiger partial charge in [-0.3, -0.25) is 4.79 Å². The van der Waals surface area contributed by atoms with Crippen LogP contribution in [0.5, 0.6) is 0 Å². The van der Waals surface area contributed by atoms with Gasteiger partial charge in [0.2, 0.25) is 15.9 Å². The van der Waals surface area contributed by atoms with Gasteiger partial charge in [0.05, 0.1) is 0 Å². The zero-order valence-electron chi connectivity index (χ0n) is 9.89. The SMILES string of the molecule is NS(=O)(=O)c1ccc(CCNC(=O)C2CCC2)s1. The van der Waals surface area contributed by atoms with Crippen molar-refractivity contribution in [3.8, 4) is 0 Å². The highest BCUT2D eigenvalue weighted by atomic mass is 32.2. The van der Waals surface area contributed by atoms with Crippen molar-refractivity contribution in [1.82, 2.24) is 5.32 Å². The highest BCUT2D eigenvalue weighted by Crippen LogP contribution is 2.26. The lowest BCUT2D eigenvalue weighted by molar-refractivity contribution is -0.127. The van der Waals surface area contributed by atoms with Crippen LogP contribution in [0.2, 0.25) is 0 Å². The predicted molar refractivity (Wildman–Crippen MR) is 69.7 cm³/mol. The summed E-state index contributed by atoms with van der Waals surface area (Å²) in [5.74, 6) is 0.304. The van der Waals surface area contributed by atoms with E-state index in [9.17, 15) is 13.2 Å². The maximum atomic E-state index is 11.6. The molecule has 18 heavy (non-hydrogen) atoms. The number of carbonyl (C=O) groups excluding carboxylic acids is 1. The summed E-state index contributed by atoms with van der Waals surface area (Å²) in [4.78, 5) is 12.5. The molecule has 0 aliphatic heterocycles. The van der Waals surface area contributed by atoms with E-state index in [0.717, 1.165) is 35.5 Å². The van der Waals surface area contributed by atoms with Gasteiger partial charge in [-0.1, -0.05) is 6.42 Å². The van der Waals surface area contributed by atoms with Gasteiger partial charge < -0.3 is 5.32 Å². The molecule has 1 saturated carbocycles. The molecule has 0 saturated heterocycles. The highest BCUT2D eigenvalue weighted by Gasteiger charge is 2.24. The molecule has 5 nitrogen and oxygen atoms in total. The standard InChI is InChI=1S/C11H16N2O3S2/c12-18(15,16)10-5-4-9(17-10)6-7-13-11(14)8-2-1-3-8/h4-5,8H,1-3,6-7H2,(H,13,14)(H2,12,15,16). The molecule has 3 N–H and O–H groups in total. The van der Waals surface area contributed by atoms with E-state index in [-0.39, 0.29) is 16.0 Å². The number of amides is 1. The van der Waals surface area contributed by atoms with Crippen LogP contribution in [0.25, 0.3) is 0 Å². The Morgan fingerprint density at radius 3 is 2.67 bits per heavy atom. The Bertz CT molecular complexity index is 532. The summed E-state index contributed by atoms with van der Waals surface area (Å²) < 4.78 is 22.3. The second-order valence-electron chi connectivity index (χ2n) is 4.43. The fraction of sp³-hybridized carbons (Fsp3) is 0.545. The molecule has 1 aliphatic rings. The monoisotopic (exact) mass is 288 g/mol. The third kappa shape index (κ3) is 3.30. The molecular weight excluding hydrogens is 272 g/mol. The third-order valence-corrected chi connectivity index (χ3v) is 5.65. The van der Waals surface area contributed by atoms with E-state index in [1.54, 1.807) is 6.07 Å². The van der Waals surface area contributed by atoms with E-state index in [4.69, 9.17) is 5.14 Å². The smallest absolute Gasteiger partial charge is 0.247 e. The van der Waals surface area contributed by atoms with E-state index in [2.05, 4.69) is 5.32 Å². The van der Waals surface area contributed by atoms with Crippen LogP contribution >= 0.6 is 11.3 Å². The number of sulfonamides is 1. The number of carbonyl (C=O) groups is 1. The molecule has 100 valence electrons. The normalized spacial score (nSPS) is 16.3. The van der Waals surface area contributed by atoms with Crippen molar-refractivity contribution in [1.29, 1.82) is 0 Å². The molecule has 0 spiro atoms. The lowest BCUT2D eigenvalue weighted by Crippen LogP contribution is -2.35. The largest absolute Gasteiger partial charge is 0.356 e. The molecule has 0 aromatic carbocycles. The first kappa shape index (κ1) is 13.5. The molecule has 0 bridgehead atoms. The molecule has 1 amide bonds. The molecule has 1 heterocycles. The third-order valence-electron chi connectivity index (χ3n) is 3.06. The van der Waals surface area contributed by atoms with Gasteiger partial charge in [0.1, 0.15) is 4.21 Å². The van der Waals surface area contributed by atoms with Gasteiger partial charge >= 0.3 is 0 Å². The van der Waals surface area contributed by atoms with Crippen molar-refractivity contribution in [3.05, 3.63) is 17.0 Å². The van der Waals surface area contributed by atoms with Gasteiger partial charge in [0.15, 0.2) is 0 Å². The first-order valence-corrected chi connectivity index (χ1v) is 8.22. The average molecular weight is 288 g/mol. The van der Waals surface area contributed by atoms with Crippen LogP contribution in [0.4, 0.5) is 0 Å². The van der Waals surface area contributed by atoms with Crippen LogP contribution in [0.1, 0.15) is 24.1 Å². The van der Waals surface area contributed by atoms with Crippen LogP contribution < -0.4 is 10.5 Å². The van der Waals surface area contributed by atoms with Crippen LogP contribution in [-0.4, -0.2) is 20.9 Å². The van der Waals surface area contributed by atoms with Gasteiger partial charge in [0.25, 0.3) is 0 Å². The number of hydrogen-bond acceptors (Lipinski definition) is 4. The lowest BCUT2D eigenvalue weighted by atomic mass is 9.85. The summed E-state index contributed by atoms with van der Waals surface area (Å²) >= 11 is 1.16. The molecule has 1 aromatic rings.